The van der Waals surface area contributed by atoms with E-state index in [4.69, 9.17) is 4.74 Å². The first-order valence-electron chi connectivity index (χ1n) is 11.2. The van der Waals surface area contributed by atoms with E-state index >= 15 is 0 Å². The van der Waals surface area contributed by atoms with Gasteiger partial charge in [-0.2, -0.15) is 0 Å². The Morgan fingerprint density at radius 1 is 0.875 bits per heavy atom. The Balaban J connectivity index is 1.74. The lowest BCUT2D eigenvalue weighted by Gasteiger charge is -2.46. The Hall–Kier alpha value is -3.53. The van der Waals surface area contributed by atoms with Crippen molar-refractivity contribution in [2.45, 2.75) is 24.8 Å². The van der Waals surface area contributed by atoms with Crippen molar-refractivity contribution in [2.75, 3.05) is 13.8 Å². The molecule has 0 saturated heterocycles. The Morgan fingerprint density at radius 3 is 1.84 bits per heavy atom. The van der Waals surface area contributed by atoms with E-state index in [1.165, 1.54) is 35.2 Å². The van der Waals surface area contributed by atoms with E-state index in [-0.39, 0.29) is 11.9 Å². The zero-order valence-corrected chi connectivity index (χ0v) is 18.3. The molecule has 3 aromatic carbocycles. The number of ether oxygens (including phenoxy) is 1. The zero-order valence-electron chi connectivity index (χ0n) is 18.3. The Morgan fingerprint density at radius 2 is 1.38 bits per heavy atom. The van der Waals surface area contributed by atoms with Crippen LogP contribution >= 0.6 is 0 Å². The summed E-state index contributed by atoms with van der Waals surface area (Å²) < 4.78 is 5.11. The van der Waals surface area contributed by atoms with Crippen LogP contribution in [0.15, 0.2) is 102 Å². The Kier molecular flexibility index (Phi) is 5.44. The summed E-state index contributed by atoms with van der Waals surface area (Å²) in [6, 6.07) is 32.1. The quantitative estimate of drug-likeness (QED) is 0.461. The van der Waals surface area contributed by atoms with E-state index in [1.807, 2.05) is 0 Å². The summed E-state index contributed by atoms with van der Waals surface area (Å²) in [5.41, 5.74) is 5.54. The lowest BCUT2D eigenvalue weighted by Crippen LogP contribution is -2.48. The summed E-state index contributed by atoms with van der Waals surface area (Å²) in [5, 5.41) is 3.65. The number of rotatable bonds is 5. The molecular weight excluding hydrogens is 396 g/mol. The predicted octanol–water partition coefficient (Wildman–Crippen LogP) is 5.03. The topological polar surface area (TPSA) is 41.6 Å². The van der Waals surface area contributed by atoms with Crippen LogP contribution in [0.5, 0.6) is 0 Å². The average Bonchev–Trinajstić information content (AvgIpc) is 3.30. The molecule has 1 atom stereocenters. The van der Waals surface area contributed by atoms with Crippen LogP contribution in [0.2, 0.25) is 0 Å². The number of nitrogens with zero attached hydrogens (tertiary/aromatic N) is 1. The molecule has 32 heavy (non-hydrogen) atoms. The summed E-state index contributed by atoms with van der Waals surface area (Å²) in [6.45, 7) is 0.692. The van der Waals surface area contributed by atoms with E-state index < -0.39 is 5.54 Å². The van der Waals surface area contributed by atoms with Crippen molar-refractivity contribution in [1.82, 2.24) is 10.2 Å². The SMILES string of the molecule is COC(=O)C1CCC2=C(C1)N(C(c1ccccc1)(c1ccccc1)c1ccccc1)CN2. The molecule has 4 heteroatoms. The fourth-order valence-corrected chi connectivity index (χ4v) is 5.35. The molecule has 0 bridgehead atoms. The second-order valence-corrected chi connectivity index (χ2v) is 8.46. The fourth-order valence-electron chi connectivity index (χ4n) is 5.35. The van der Waals surface area contributed by atoms with Crippen LogP contribution in [-0.2, 0) is 15.1 Å². The number of carbonyl (C=O) groups excluding carboxylic acids is 1. The maximum Gasteiger partial charge on any atom is 0.309 e. The Bertz CT molecular complexity index is 1010. The van der Waals surface area contributed by atoms with Gasteiger partial charge in [-0.05, 0) is 29.5 Å². The van der Waals surface area contributed by atoms with Gasteiger partial charge in [-0.1, -0.05) is 91.0 Å². The summed E-state index contributed by atoms with van der Waals surface area (Å²) in [6.07, 6.45) is 2.37. The minimum absolute atomic E-state index is 0.110. The number of esters is 1. The third-order valence-electron chi connectivity index (χ3n) is 6.82. The monoisotopic (exact) mass is 424 g/mol. The smallest absolute Gasteiger partial charge is 0.309 e. The highest BCUT2D eigenvalue weighted by atomic mass is 16.5. The summed E-state index contributed by atoms with van der Waals surface area (Å²) >= 11 is 0. The molecule has 0 saturated carbocycles. The first kappa shape index (κ1) is 20.4. The molecule has 1 aliphatic heterocycles. The molecule has 4 nitrogen and oxygen atoms in total. The normalized spacial score (nSPS) is 18.2. The van der Waals surface area contributed by atoms with Crippen molar-refractivity contribution in [3.05, 3.63) is 119 Å². The molecule has 0 radical (unpaired) electrons. The molecule has 1 aliphatic carbocycles. The molecule has 0 amide bonds. The molecule has 0 spiro atoms. The summed E-state index contributed by atoms with van der Waals surface area (Å²) in [5.74, 6) is -0.227. The molecule has 1 N–H and O–H groups in total. The van der Waals surface area contributed by atoms with Crippen molar-refractivity contribution in [3.63, 3.8) is 0 Å². The van der Waals surface area contributed by atoms with Crippen LogP contribution in [-0.4, -0.2) is 24.6 Å². The van der Waals surface area contributed by atoms with E-state index in [9.17, 15) is 4.79 Å². The van der Waals surface area contributed by atoms with E-state index in [0.29, 0.717) is 13.1 Å². The van der Waals surface area contributed by atoms with Gasteiger partial charge in [-0.3, -0.25) is 4.79 Å². The van der Waals surface area contributed by atoms with Gasteiger partial charge >= 0.3 is 5.97 Å². The lowest BCUT2D eigenvalue weighted by molar-refractivity contribution is -0.145. The van der Waals surface area contributed by atoms with E-state index in [2.05, 4.69) is 101 Å². The minimum atomic E-state index is -0.522. The van der Waals surface area contributed by atoms with Gasteiger partial charge in [0, 0.05) is 17.8 Å². The molecular formula is C28H28N2O2. The lowest BCUT2D eigenvalue weighted by atomic mass is 9.74. The highest BCUT2D eigenvalue weighted by molar-refractivity contribution is 5.73. The molecule has 1 unspecified atom stereocenters. The highest BCUT2D eigenvalue weighted by Gasteiger charge is 2.47. The van der Waals surface area contributed by atoms with Crippen molar-refractivity contribution in [3.8, 4) is 0 Å². The number of benzene rings is 3. The van der Waals surface area contributed by atoms with Gasteiger partial charge in [0.15, 0.2) is 0 Å². The van der Waals surface area contributed by atoms with Crippen LogP contribution in [0.3, 0.4) is 0 Å². The largest absolute Gasteiger partial charge is 0.469 e. The number of hydrogen-bond donors (Lipinski definition) is 1. The number of allylic oxidation sites excluding steroid dienone is 2. The van der Waals surface area contributed by atoms with Crippen LogP contribution in [0.1, 0.15) is 36.0 Å². The van der Waals surface area contributed by atoms with Gasteiger partial charge in [0.25, 0.3) is 0 Å². The summed E-state index contributed by atoms with van der Waals surface area (Å²) in [4.78, 5) is 14.9. The first-order chi connectivity index (χ1) is 15.7. The molecule has 0 aromatic heterocycles. The third-order valence-corrected chi connectivity index (χ3v) is 6.82. The average molecular weight is 425 g/mol. The fraction of sp³-hybridized carbons (Fsp3) is 0.250. The molecule has 5 rings (SSSR count). The number of nitrogens with one attached hydrogen (secondary N) is 1. The van der Waals surface area contributed by atoms with Crippen LogP contribution < -0.4 is 5.32 Å². The predicted molar refractivity (Wildman–Crippen MR) is 125 cm³/mol. The van der Waals surface area contributed by atoms with Gasteiger partial charge in [-0.25, -0.2) is 0 Å². The van der Waals surface area contributed by atoms with Gasteiger partial charge < -0.3 is 15.0 Å². The van der Waals surface area contributed by atoms with Gasteiger partial charge in [0.1, 0.15) is 5.54 Å². The molecule has 3 aromatic rings. The van der Waals surface area contributed by atoms with Crippen LogP contribution in [0, 0.1) is 5.92 Å². The minimum Gasteiger partial charge on any atom is -0.469 e. The molecule has 0 fully saturated rings. The van der Waals surface area contributed by atoms with Gasteiger partial charge in [-0.15, -0.1) is 0 Å². The van der Waals surface area contributed by atoms with Crippen molar-refractivity contribution in [2.24, 2.45) is 5.92 Å². The first-order valence-corrected chi connectivity index (χ1v) is 11.2. The molecule has 1 heterocycles. The Labute approximate surface area is 189 Å². The maximum absolute atomic E-state index is 12.4. The third kappa shape index (κ3) is 3.27. The van der Waals surface area contributed by atoms with Crippen molar-refractivity contribution < 1.29 is 9.53 Å². The second kappa shape index (κ2) is 8.54. The number of methoxy groups -OCH3 is 1. The molecule has 162 valence electrons. The maximum atomic E-state index is 12.4. The van der Waals surface area contributed by atoms with Crippen molar-refractivity contribution in [1.29, 1.82) is 0 Å². The standard InChI is InChI=1S/C28H28N2O2/c1-32-27(31)21-17-18-25-26(19-21)30(20-29-25)28(22-11-5-2-6-12-22,23-13-7-3-8-14-23)24-15-9-4-10-16-24/h2-16,21,29H,17-20H2,1H3. The highest BCUT2D eigenvalue weighted by Crippen LogP contribution is 2.48. The zero-order chi connectivity index (χ0) is 22.0. The van der Waals surface area contributed by atoms with Crippen LogP contribution in [0.25, 0.3) is 0 Å². The number of hydrogen-bond acceptors (Lipinski definition) is 4. The van der Waals surface area contributed by atoms with Gasteiger partial charge in [0.05, 0.1) is 19.7 Å². The summed E-state index contributed by atoms with van der Waals surface area (Å²) in [7, 11) is 1.49. The van der Waals surface area contributed by atoms with E-state index in [1.54, 1.807) is 0 Å². The molecule has 2 aliphatic rings. The van der Waals surface area contributed by atoms with Gasteiger partial charge in [0.2, 0.25) is 0 Å². The second-order valence-electron chi connectivity index (χ2n) is 8.46. The van der Waals surface area contributed by atoms with Crippen LogP contribution in [0.4, 0.5) is 0 Å². The van der Waals surface area contributed by atoms with E-state index in [0.717, 1.165) is 12.8 Å². The van der Waals surface area contributed by atoms with Crippen molar-refractivity contribution >= 4 is 5.97 Å². The number of carbonyl (C=O) groups is 1.